The van der Waals surface area contributed by atoms with Gasteiger partial charge in [0.1, 0.15) is 5.82 Å². The van der Waals surface area contributed by atoms with Crippen molar-refractivity contribution in [1.29, 1.82) is 0 Å². The Morgan fingerprint density at radius 2 is 1.78 bits per heavy atom. The van der Waals surface area contributed by atoms with Gasteiger partial charge in [0.25, 0.3) is 5.91 Å². The van der Waals surface area contributed by atoms with Crippen LogP contribution in [0.1, 0.15) is 21.5 Å². The van der Waals surface area contributed by atoms with E-state index in [9.17, 15) is 4.79 Å². The van der Waals surface area contributed by atoms with E-state index < -0.39 is 0 Å². The van der Waals surface area contributed by atoms with Gasteiger partial charge in [0.2, 0.25) is 6.79 Å². The van der Waals surface area contributed by atoms with Crippen LogP contribution in [-0.4, -0.2) is 17.7 Å². The zero-order valence-electron chi connectivity index (χ0n) is 14.9. The van der Waals surface area contributed by atoms with Crippen molar-refractivity contribution in [3.63, 3.8) is 0 Å². The Hall–Kier alpha value is -2.86. The fraction of sp³-hybridized carbons (Fsp3) is 0.143. The van der Waals surface area contributed by atoms with E-state index in [-0.39, 0.29) is 12.7 Å². The van der Waals surface area contributed by atoms with Gasteiger partial charge >= 0.3 is 0 Å². The largest absolute Gasteiger partial charge is 0.454 e. The first kappa shape index (κ1) is 17.5. The van der Waals surface area contributed by atoms with Gasteiger partial charge in [0, 0.05) is 27.4 Å². The number of rotatable bonds is 3. The second-order valence-electron chi connectivity index (χ2n) is 6.34. The zero-order chi connectivity index (χ0) is 19.0. The lowest BCUT2D eigenvalue weighted by Gasteiger charge is -2.11. The molecule has 2 heterocycles. The lowest BCUT2D eigenvalue weighted by molar-refractivity contribution is 0.102. The molecule has 1 amide bonds. The molecule has 0 spiro atoms. The second-order valence-corrected chi connectivity index (χ2v) is 7.19. The molecule has 6 heteroatoms. The van der Waals surface area contributed by atoms with Crippen LogP contribution in [0.15, 0.2) is 53.1 Å². The number of fused-ring (bicyclic) bond motifs is 1. The van der Waals surface area contributed by atoms with Crippen LogP contribution in [-0.2, 0) is 0 Å². The summed E-state index contributed by atoms with van der Waals surface area (Å²) < 4.78 is 11.7. The van der Waals surface area contributed by atoms with Crippen molar-refractivity contribution in [1.82, 2.24) is 4.98 Å². The lowest BCUT2D eigenvalue weighted by Crippen LogP contribution is -2.15. The highest BCUT2D eigenvalue weighted by molar-refractivity contribution is 9.10. The zero-order valence-corrected chi connectivity index (χ0v) is 16.5. The van der Waals surface area contributed by atoms with Gasteiger partial charge in [-0.2, -0.15) is 0 Å². The van der Waals surface area contributed by atoms with Crippen molar-refractivity contribution >= 4 is 27.7 Å². The SMILES string of the molecule is Cc1cccc(C)c1C(=O)Nc1ccc(-c2cc3c(cc2Br)OCO3)cn1. The van der Waals surface area contributed by atoms with E-state index in [1.54, 1.807) is 12.3 Å². The molecule has 0 saturated carbocycles. The number of carbonyl (C=O) groups is 1. The van der Waals surface area contributed by atoms with Gasteiger partial charge in [-0.15, -0.1) is 0 Å². The van der Waals surface area contributed by atoms with Gasteiger partial charge in [-0.3, -0.25) is 4.79 Å². The van der Waals surface area contributed by atoms with Crippen LogP contribution < -0.4 is 14.8 Å². The first-order valence-corrected chi connectivity index (χ1v) is 9.25. The molecule has 5 nitrogen and oxygen atoms in total. The molecular formula is C21H17BrN2O3. The van der Waals surface area contributed by atoms with Crippen molar-refractivity contribution < 1.29 is 14.3 Å². The number of halogens is 1. The minimum atomic E-state index is -0.157. The van der Waals surface area contributed by atoms with Crippen LogP contribution >= 0.6 is 15.9 Å². The number of aromatic nitrogens is 1. The Bertz CT molecular complexity index is 1010. The molecule has 0 saturated heterocycles. The number of pyridine rings is 1. The molecule has 1 aliphatic rings. The number of nitrogens with one attached hydrogen (secondary N) is 1. The molecule has 1 aromatic heterocycles. The summed E-state index contributed by atoms with van der Waals surface area (Å²) in [5.74, 6) is 1.77. The first-order chi connectivity index (χ1) is 13.0. The van der Waals surface area contributed by atoms with Crippen molar-refractivity contribution in [3.05, 3.63) is 69.8 Å². The smallest absolute Gasteiger partial charge is 0.257 e. The molecule has 0 bridgehead atoms. The molecule has 27 heavy (non-hydrogen) atoms. The normalized spacial score (nSPS) is 12.1. The minimum absolute atomic E-state index is 0.157. The van der Waals surface area contributed by atoms with Crippen molar-refractivity contribution in [2.75, 3.05) is 12.1 Å². The van der Waals surface area contributed by atoms with Gasteiger partial charge in [-0.05, 0) is 49.2 Å². The summed E-state index contributed by atoms with van der Waals surface area (Å²) >= 11 is 3.56. The standard InChI is InChI=1S/C21H17BrN2O3/c1-12-4-3-5-13(2)20(12)21(25)24-19-7-6-14(10-23-19)15-8-17-18(9-16(15)22)27-11-26-17/h3-10H,11H2,1-2H3,(H,23,24,25). The molecule has 2 aromatic carbocycles. The Labute approximate surface area is 165 Å². The molecule has 4 rings (SSSR count). The molecule has 1 N–H and O–H groups in total. The first-order valence-electron chi connectivity index (χ1n) is 8.46. The Morgan fingerprint density at radius 3 is 2.44 bits per heavy atom. The predicted octanol–water partition coefficient (Wildman–Crippen LogP) is 5.11. The van der Waals surface area contributed by atoms with E-state index in [0.717, 1.165) is 32.5 Å². The van der Waals surface area contributed by atoms with Crippen molar-refractivity contribution in [2.24, 2.45) is 0 Å². The summed E-state index contributed by atoms with van der Waals surface area (Å²) in [7, 11) is 0. The van der Waals surface area contributed by atoms with Crippen molar-refractivity contribution in [3.8, 4) is 22.6 Å². The molecule has 0 fully saturated rings. The molecule has 136 valence electrons. The number of anilines is 1. The number of amides is 1. The van der Waals surface area contributed by atoms with Gasteiger partial charge in [0.15, 0.2) is 11.5 Å². The maximum absolute atomic E-state index is 12.6. The predicted molar refractivity (Wildman–Crippen MR) is 107 cm³/mol. The third-order valence-electron chi connectivity index (χ3n) is 4.49. The number of benzene rings is 2. The maximum Gasteiger partial charge on any atom is 0.257 e. The van der Waals surface area contributed by atoms with E-state index in [1.165, 1.54) is 0 Å². The molecule has 3 aromatic rings. The number of hydrogen-bond donors (Lipinski definition) is 1. The fourth-order valence-corrected chi connectivity index (χ4v) is 3.67. The summed E-state index contributed by atoms with van der Waals surface area (Å²) in [4.78, 5) is 17.0. The number of carbonyl (C=O) groups excluding carboxylic acids is 1. The highest BCUT2D eigenvalue weighted by atomic mass is 79.9. The molecule has 0 radical (unpaired) electrons. The molecule has 0 unspecified atom stereocenters. The van der Waals surface area contributed by atoms with E-state index in [1.807, 2.05) is 50.2 Å². The highest BCUT2D eigenvalue weighted by Crippen LogP contribution is 2.41. The molecule has 0 aliphatic carbocycles. The van der Waals surface area contributed by atoms with Crippen LogP contribution in [0.25, 0.3) is 11.1 Å². The van der Waals surface area contributed by atoms with Crippen LogP contribution in [0.4, 0.5) is 5.82 Å². The lowest BCUT2D eigenvalue weighted by atomic mass is 10.0. The highest BCUT2D eigenvalue weighted by Gasteiger charge is 2.18. The van der Waals surface area contributed by atoms with E-state index in [0.29, 0.717) is 17.1 Å². The van der Waals surface area contributed by atoms with Crippen LogP contribution in [0.3, 0.4) is 0 Å². The maximum atomic E-state index is 12.6. The Morgan fingerprint density at radius 1 is 1.07 bits per heavy atom. The minimum Gasteiger partial charge on any atom is -0.454 e. The summed E-state index contributed by atoms with van der Waals surface area (Å²) in [5.41, 5.74) is 4.41. The molecule has 1 aliphatic heterocycles. The third kappa shape index (κ3) is 3.40. The van der Waals surface area contributed by atoms with Crippen LogP contribution in [0.2, 0.25) is 0 Å². The topological polar surface area (TPSA) is 60.5 Å². The average Bonchev–Trinajstić information content (AvgIpc) is 3.09. The van der Waals surface area contributed by atoms with Crippen LogP contribution in [0, 0.1) is 13.8 Å². The van der Waals surface area contributed by atoms with E-state index >= 15 is 0 Å². The molecular weight excluding hydrogens is 408 g/mol. The summed E-state index contributed by atoms with van der Waals surface area (Å²) in [6, 6.07) is 13.3. The third-order valence-corrected chi connectivity index (χ3v) is 5.14. The van der Waals surface area contributed by atoms with Gasteiger partial charge in [-0.1, -0.05) is 34.1 Å². The van der Waals surface area contributed by atoms with Crippen molar-refractivity contribution in [2.45, 2.75) is 13.8 Å². The van der Waals surface area contributed by atoms with E-state index in [4.69, 9.17) is 9.47 Å². The number of ether oxygens (including phenoxy) is 2. The molecule has 0 atom stereocenters. The summed E-state index contributed by atoms with van der Waals surface area (Å²) in [6.07, 6.45) is 1.72. The fourth-order valence-electron chi connectivity index (χ4n) is 3.12. The van der Waals surface area contributed by atoms with Crippen LogP contribution in [0.5, 0.6) is 11.5 Å². The number of nitrogens with zero attached hydrogens (tertiary/aromatic N) is 1. The number of hydrogen-bond acceptors (Lipinski definition) is 4. The monoisotopic (exact) mass is 424 g/mol. The quantitative estimate of drug-likeness (QED) is 0.634. The Kier molecular flexibility index (Phi) is 4.58. The summed E-state index contributed by atoms with van der Waals surface area (Å²) in [5, 5.41) is 2.87. The van der Waals surface area contributed by atoms with Gasteiger partial charge in [0.05, 0.1) is 0 Å². The van der Waals surface area contributed by atoms with E-state index in [2.05, 4.69) is 26.2 Å². The van der Waals surface area contributed by atoms with Gasteiger partial charge in [-0.25, -0.2) is 4.98 Å². The summed E-state index contributed by atoms with van der Waals surface area (Å²) in [6.45, 7) is 4.08. The number of aryl methyl sites for hydroxylation is 2. The van der Waals surface area contributed by atoms with Gasteiger partial charge < -0.3 is 14.8 Å². The second kappa shape index (κ2) is 7.04. The average molecular weight is 425 g/mol. The Balaban J connectivity index is 1.57.